The van der Waals surface area contributed by atoms with E-state index >= 15 is 0 Å². The molecule has 4 rings (SSSR count). The first-order chi connectivity index (χ1) is 16.5. The second kappa shape index (κ2) is 11.6. The number of unbranched alkanes of at least 4 members (excludes halogenated alkanes) is 2. The minimum atomic E-state index is -0.914. The van der Waals surface area contributed by atoms with E-state index in [-0.39, 0.29) is 11.8 Å². The summed E-state index contributed by atoms with van der Waals surface area (Å²) in [5, 5.41) is 0. The van der Waals surface area contributed by atoms with Crippen LogP contribution < -0.4 is 4.74 Å². The summed E-state index contributed by atoms with van der Waals surface area (Å²) in [5.41, 5.74) is -0.0444. The van der Waals surface area contributed by atoms with Crippen LogP contribution in [0.4, 0.5) is 0 Å². The standard InChI is InChI=1S/C26H39N3O5/c1-3-4-5-14-34-22-8-6-21(7-9-22)26(2)23(19-27-10-15-32-16-11-27)24(30)29(25(26)31)20-28-12-17-33-18-13-28/h6-9,23H,3-5,10-20H2,1-2H3/t23-,26+/m1/s1. The summed E-state index contributed by atoms with van der Waals surface area (Å²) in [4.78, 5) is 33.4. The zero-order chi connectivity index (χ0) is 24.0. The smallest absolute Gasteiger partial charge is 0.241 e. The molecule has 0 spiro atoms. The predicted molar refractivity (Wildman–Crippen MR) is 129 cm³/mol. The topological polar surface area (TPSA) is 71.6 Å². The van der Waals surface area contributed by atoms with Gasteiger partial charge in [0.25, 0.3) is 0 Å². The third kappa shape index (κ3) is 5.46. The van der Waals surface area contributed by atoms with Crippen molar-refractivity contribution in [3.63, 3.8) is 0 Å². The number of likely N-dealkylation sites (tertiary alicyclic amines) is 1. The van der Waals surface area contributed by atoms with Crippen LogP contribution in [0.3, 0.4) is 0 Å². The molecule has 3 heterocycles. The lowest BCUT2D eigenvalue weighted by Crippen LogP contribution is -2.47. The monoisotopic (exact) mass is 473 g/mol. The number of imide groups is 1. The molecule has 2 amide bonds. The quantitative estimate of drug-likeness (QED) is 0.381. The Kier molecular flexibility index (Phi) is 8.58. The number of hydrogen-bond acceptors (Lipinski definition) is 7. The number of hydrogen-bond donors (Lipinski definition) is 0. The average molecular weight is 474 g/mol. The molecule has 0 aromatic heterocycles. The number of carbonyl (C=O) groups excluding carboxylic acids is 2. The third-order valence-electron chi connectivity index (χ3n) is 7.41. The van der Waals surface area contributed by atoms with E-state index in [1.807, 2.05) is 31.2 Å². The molecule has 8 heteroatoms. The highest BCUT2D eigenvalue weighted by Gasteiger charge is 2.57. The molecule has 188 valence electrons. The highest BCUT2D eigenvalue weighted by atomic mass is 16.5. The Labute approximate surface area is 203 Å². The van der Waals surface area contributed by atoms with E-state index in [4.69, 9.17) is 14.2 Å². The lowest BCUT2D eigenvalue weighted by Gasteiger charge is -2.34. The summed E-state index contributed by atoms with van der Waals surface area (Å²) in [7, 11) is 0. The summed E-state index contributed by atoms with van der Waals surface area (Å²) < 4.78 is 16.8. The van der Waals surface area contributed by atoms with Crippen molar-refractivity contribution in [2.24, 2.45) is 5.92 Å². The van der Waals surface area contributed by atoms with Gasteiger partial charge in [-0.2, -0.15) is 0 Å². The summed E-state index contributed by atoms with van der Waals surface area (Å²) in [6.45, 7) is 11.3. The van der Waals surface area contributed by atoms with E-state index in [1.54, 1.807) is 0 Å². The highest BCUT2D eigenvalue weighted by Crippen LogP contribution is 2.42. The molecule has 0 radical (unpaired) electrons. The third-order valence-corrected chi connectivity index (χ3v) is 7.41. The van der Waals surface area contributed by atoms with E-state index in [2.05, 4.69) is 16.7 Å². The van der Waals surface area contributed by atoms with Crippen LogP contribution in [0.15, 0.2) is 24.3 Å². The molecule has 0 bridgehead atoms. The second-order valence-electron chi connectivity index (χ2n) is 9.69. The van der Waals surface area contributed by atoms with Gasteiger partial charge in [0.2, 0.25) is 11.8 Å². The molecular weight excluding hydrogens is 434 g/mol. The van der Waals surface area contributed by atoms with Crippen LogP contribution in [0.25, 0.3) is 0 Å². The lowest BCUT2D eigenvalue weighted by molar-refractivity contribution is -0.143. The van der Waals surface area contributed by atoms with E-state index in [1.165, 1.54) is 4.90 Å². The maximum atomic E-state index is 13.9. The number of morpholine rings is 2. The van der Waals surface area contributed by atoms with E-state index < -0.39 is 11.3 Å². The number of carbonyl (C=O) groups is 2. The van der Waals surface area contributed by atoms with Gasteiger partial charge >= 0.3 is 0 Å². The Balaban J connectivity index is 1.55. The van der Waals surface area contributed by atoms with Crippen LogP contribution in [0, 0.1) is 5.92 Å². The van der Waals surface area contributed by atoms with Gasteiger partial charge in [-0.15, -0.1) is 0 Å². The van der Waals surface area contributed by atoms with Crippen LogP contribution in [0.1, 0.15) is 38.7 Å². The van der Waals surface area contributed by atoms with Gasteiger partial charge in [-0.25, -0.2) is 0 Å². The van der Waals surface area contributed by atoms with Crippen molar-refractivity contribution in [1.82, 2.24) is 14.7 Å². The predicted octanol–water partition coefficient (Wildman–Crippen LogP) is 2.12. The SMILES string of the molecule is CCCCCOc1ccc([C@]2(C)C(=O)N(CN3CCOCC3)C(=O)[C@H]2CN2CCOCC2)cc1. The summed E-state index contributed by atoms with van der Waals surface area (Å²) in [6, 6.07) is 7.79. The van der Waals surface area contributed by atoms with Crippen molar-refractivity contribution in [2.75, 3.05) is 72.4 Å². The summed E-state index contributed by atoms with van der Waals surface area (Å²) in [5.74, 6) is 0.176. The summed E-state index contributed by atoms with van der Waals surface area (Å²) in [6.07, 6.45) is 3.33. The van der Waals surface area contributed by atoms with Gasteiger partial charge in [-0.1, -0.05) is 31.9 Å². The minimum Gasteiger partial charge on any atom is -0.494 e. The minimum absolute atomic E-state index is 0.0784. The number of nitrogens with zero attached hydrogens (tertiary/aromatic N) is 3. The molecular formula is C26H39N3O5. The van der Waals surface area contributed by atoms with Crippen LogP contribution in [-0.4, -0.2) is 98.9 Å². The highest BCUT2D eigenvalue weighted by molar-refractivity contribution is 6.10. The van der Waals surface area contributed by atoms with Gasteiger partial charge in [0.1, 0.15) is 5.75 Å². The van der Waals surface area contributed by atoms with Gasteiger partial charge < -0.3 is 14.2 Å². The first-order valence-electron chi connectivity index (χ1n) is 12.7. The van der Waals surface area contributed by atoms with E-state index in [0.717, 1.165) is 56.8 Å². The zero-order valence-electron chi connectivity index (χ0n) is 20.7. The molecule has 0 N–H and O–H groups in total. The van der Waals surface area contributed by atoms with Crippen molar-refractivity contribution >= 4 is 11.8 Å². The first kappa shape index (κ1) is 25.1. The fourth-order valence-corrected chi connectivity index (χ4v) is 5.11. The molecule has 3 fully saturated rings. The molecule has 3 aliphatic heterocycles. The maximum absolute atomic E-state index is 13.9. The van der Waals surface area contributed by atoms with Crippen LogP contribution in [0.5, 0.6) is 5.75 Å². The largest absolute Gasteiger partial charge is 0.494 e. The molecule has 3 aliphatic rings. The number of benzene rings is 1. The van der Waals surface area contributed by atoms with Crippen molar-refractivity contribution in [1.29, 1.82) is 0 Å². The zero-order valence-corrected chi connectivity index (χ0v) is 20.7. The van der Waals surface area contributed by atoms with E-state index in [0.29, 0.717) is 46.2 Å². The lowest BCUT2D eigenvalue weighted by atomic mass is 9.73. The number of amides is 2. The van der Waals surface area contributed by atoms with Crippen LogP contribution in [0.2, 0.25) is 0 Å². The Morgan fingerprint density at radius 1 is 0.941 bits per heavy atom. The van der Waals surface area contributed by atoms with Crippen molar-refractivity contribution in [3.8, 4) is 5.75 Å². The normalized spacial score (nSPS) is 26.9. The molecule has 1 aromatic rings. The molecule has 8 nitrogen and oxygen atoms in total. The van der Waals surface area contributed by atoms with E-state index in [9.17, 15) is 9.59 Å². The molecule has 0 unspecified atom stereocenters. The fraction of sp³-hybridized carbons (Fsp3) is 0.692. The van der Waals surface area contributed by atoms with Gasteiger partial charge in [0.05, 0.1) is 51.0 Å². The Hall–Kier alpha value is -2.00. The Bertz CT molecular complexity index is 820. The van der Waals surface area contributed by atoms with Crippen LogP contribution in [-0.2, 0) is 24.5 Å². The Morgan fingerprint density at radius 2 is 1.56 bits per heavy atom. The fourth-order valence-electron chi connectivity index (χ4n) is 5.11. The van der Waals surface area contributed by atoms with Gasteiger partial charge in [-0.3, -0.25) is 24.3 Å². The Morgan fingerprint density at radius 3 is 2.18 bits per heavy atom. The van der Waals surface area contributed by atoms with Gasteiger partial charge in [-0.05, 0) is 31.0 Å². The van der Waals surface area contributed by atoms with Crippen molar-refractivity contribution < 1.29 is 23.8 Å². The molecule has 3 saturated heterocycles. The number of rotatable bonds is 10. The summed E-state index contributed by atoms with van der Waals surface area (Å²) >= 11 is 0. The molecule has 0 saturated carbocycles. The van der Waals surface area contributed by atoms with Crippen molar-refractivity contribution in [3.05, 3.63) is 29.8 Å². The first-order valence-corrected chi connectivity index (χ1v) is 12.7. The molecule has 1 aromatic carbocycles. The molecule has 34 heavy (non-hydrogen) atoms. The van der Waals surface area contributed by atoms with Gasteiger partial charge in [0.15, 0.2) is 0 Å². The second-order valence-corrected chi connectivity index (χ2v) is 9.69. The van der Waals surface area contributed by atoms with Gasteiger partial charge in [0, 0.05) is 32.7 Å². The molecule has 2 atom stereocenters. The molecule has 0 aliphatic carbocycles. The maximum Gasteiger partial charge on any atom is 0.241 e. The van der Waals surface area contributed by atoms with Crippen molar-refractivity contribution in [2.45, 2.75) is 38.5 Å². The number of ether oxygens (including phenoxy) is 3. The average Bonchev–Trinajstić information content (AvgIpc) is 3.05. The van der Waals surface area contributed by atoms with Crippen LogP contribution >= 0.6 is 0 Å².